The van der Waals surface area contributed by atoms with Crippen LogP contribution in [0.3, 0.4) is 0 Å². The Morgan fingerprint density at radius 1 is 1.35 bits per heavy atom. The van der Waals surface area contributed by atoms with Gasteiger partial charge in [-0.1, -0.05) is 26.3 Å². The van der Waals surface area contributed by atoms with Gasteiger partial charge in [0.1, 0.15) is 5.82 Å². The van der Waals surface area contributed by atoms with Crippen LogP contribution in [0.1, 0.15) is 32.8 Å². The number of nitrogens with two attached hydrogens (primary N) is 1. The van der Waals surface area contributed by atoms with Gasteiger partial charge >= 0.3 is 0 Å². The Kier molecular flexibility index (Phi) is 5.42. The average Bonchev–Trinajstić information content (AvgIpc) is 2.35. The van der Waals surface area contributed by atoms with Crippen LogP contribution < -0.4 is 10.6 Å². The largest absolute Gasteiger partial charge is 0.371 e. The maximum absolute atomic E-state index is 13.7. The number of rotatable bonds is 6. The van der Waals surface area contributed by atoms with Crippen molar-refractivity contribution in [1.82, 2.24) is 0 Å². The summed E-state index contributed by atoms with van der Waals surface area (Å²) in [6, 6.07) is 5.18. The van der Waals surface area contributed by atoms with Crippen molar-refractivity contribution in [3.63, 3.8) is 0 Å². The molecule has 96 valence electrons. The standard InChI is InChI=1S/C14H23FN2/c1-4-11(3)10-17(5-2)14-8-6-7-13(15)12(14)9-16/h6-8,11H,4-5,9-10,16H2,1-3H3. The third-order valence-corrected chi connectivity index (χ3v) is 3.25. The minimum Gasteiger partial charge on any atom is -0.371 e. The SMILES string of the molecule is CCC(C)CN(CC)c1cccc(F)c1CN. The van der Waals surface area contributed by atoms with Crippen molar-refractivity contribution in [3.8, 4) is 0 Å². The quantitative estimate of drug-likeness (QED) is 0.825. The summed E-state index contributed by atoms with van der Waals surface area (Å²) in [6.07, 6.45) is 1.13. The molecule has 1 aromatic rings. The van der Waals surface area contributed by atoms with Gasteiger partial charge in [-0.3, -0.25) is 0 Å². The highest BCUT2D eigenvalue weighted by molar-refractivity contribution is 5.54. The number of anilines is 1. The van der Waals surface area contributed by atoms with Crippen LogP contribution in [0.4, 0.5) is 10.1 Å². The molecule has 0 radical (unpaired) electrons. The zero-order valence-electron chi connectivity index (χ0n) is 11.0. The van der Waals surface area contributed by atoms with Crippen LogP contribution in [0.15, 0.2) is 18.2 Å². The van der Waals surface area contributed by atoms with Crippen molar-refractivity contribution in [2.75, 3.05) is 18.0 Å². The van der Waals surface area contributed by atoms with Crippen molar-refractivity contribution < 1.29 is 4.39 Å². The Hall–Kier alpha value is -1.09. The van der Waals surface area contributed by atoms with Gasteiger partial charge in [0.25, 0.3) is 0 Å². The minimum absolute atomic E-state index is 0.201. The van der Waals surface area contributed by atoms with Gasteiger partial charge in [0.05, 0.1) is 0 Å². The zero-order chi connectivity index (χ0) is 12.8. The molecule has 0 aliphatic rings. The predicted molar refractivity (Wildman–Crippen MR) is 71.6 cm³/mol. The number of hydrogen-bond donors (Lipinski definition) is 1. The second-order valence-electron chi connectivity index (χ2n) is 4.49. The molecule has 0 amide bonds. The molecular formula is C14H23FN2. The summed E-state index contributed by atoms with van der Waals surface area (Å²) in [7, 11) is 0. The highest BCUT2D eigenvalue weighted by atomic mass is 19.1. The Morgan fingerprint density at radius 2 is 2.06 bits per heavy atom. The molecule has 0 saturated heterocycles. The second-order valence-corrected chi connectivity index (χ2v) is 4.49. The van der Waals surface area contributed by atoms with E-state index >= 15 is 0 Å². The van der Waals surface area contributed by atoms with Gasteiger partial charge in [0.2, 0.25) is 0 Å². The maximum Gasteiger partial charge on any atom is 0.129 e. The molecule has 0 heterocycles. The normalized spacial score (nSPS) is 12.5. The molecular weight excluding hydrogens is 215 g/mol. The van der Waals surface area contributed by atoms with Crippen LogP contribution in [0.5, 0.6) is 0 Å². The summed E-state index contributed by atoms with van der Waals surface area (Å²) in [4.78, 5) is 2.21. The highest BCUT2D eigenvalue weighted by Gasteiger charge is 2.14. The summed E-state index contributed by atoms with van der Waals surface area (Å²) in [5, 5.41) is 0. The van der Waals surface area contributed by atoms with Crippen molar-refractivity contribution in [2.45, 2.75) is 33.7 Å². The minimum atomic E-state index is -0.201. The number of hydrogen-bond acceptors (Lipinski definition) is 2. The van der Waals surface area contributed by atoms with Gasteiger partial charge in [-0.05, 0) is 25.0 Å². The molecule has 1 unspecified atom stereocenters. The molecule has 1 rings (SSSR count). The zero-order valence-corrected chi connectivity index (χ0v) is 11.0. The van der Waals surface area contributed by atoms with Crippen LogP contribution in [0.2, 0.25) is 0 Å². The Labute approximate surface area is 104 Å². The molecule has 0 aliphatic carbocycles. The van der Waals surface area contributed by atoms with E-state index in [4.69, 9.17) is 5.73 Å². The van der Waals surface area contributed by atoms with E-state index in [0.29, 0.717) is 11.5 Å². The number of benzene rings is 1. The molecule has 2 N–H and O–H groups in total. The Bertz CT molecular complexity index is 352. The lowest BCUT2D eigenvalue weighted by Crippen LogP contribution is -2.29. The van der Waals surface area contributed by atoms with Gasteiger partial charge in [-0.2, -0.15) is 0 Å². The van der Waals surface area contributed by atoms with E-state index in [9.17, 15) is 4.39 Å². The van der Waals surface area contributed by atoms with E-state index in [-0.39, 0.29) is 12.4 Å². The Balaban J connectivity index is 2.98. The van der Waals surface area contributed by atoms with Crippen LogP contribution in [0.25, 0.3) is 0 Å². The molecule has 1 atom stereocenters. The predicted octanol–water partition coefficient (Wildman–Crippen LogP) is 3.16. The van der Waals surface area contributed by atoms with Crippen molar-refractivity contribution in [1.29, 1.82) is 0 Å². The molecule has 0 saturated carbocycles. The van der Waals surface area contributed by atoms with Crippen LogP contribution in [0, 0.1) is 11.7 Å². The first-order valence-corrected chi connectivity index (χ1v) is 6.36. The number of nitrogens with zero attached hydrogens (tertiary/aromatic N) is 1. The van der Waals surface area contributed by atoms with Crippen molar-refractivity contribution in [3.05, 3.63) is 29.6 Å². The van der Waals surface area contributed by atoms with Gasteiger partial charge in [-0.25, -0.2) is 4.39 Å². The fraction of sp³-hybridized carbons (Fsp3) is 0.571. The smallest absolute Gasteiger partial charge is 0.129 e. The fourth-order valence-electron chi connectivity index (χ4n) is 1.95. The maximum atomic E-state index is 13.7. The molecule has 2 nitrogen and oxygen atoms in total. The average molecular weight is 238 g/mol. The first-order chi connectivity index (χ1) is 8.13. The monoisotopic (exact) mass is 238 g/mol. The van der Waals surface area contributed by atoms with Crippen molar-refractivity contribution >= 4 is 5.69 Å². The summed E-state index contributed by atoms with van der Waals surface area (Å²) >= 11 is 0. The lowest BCUT2D eigenvalue weighted by molar-refractivity contribution is 0.544. The molecule has 0 spiro atoms. The molecule has 0 aromatic heterocycles. The summed E-state index contributed by atoms with van der Waals surface area (Å²) in [5.74, 6) is 0.399. The molecule has 0 bridgehead atoms. The van der Waals surface area contributed by atoms with Gasteiger partial charge in [0, 0.05) is 30.9 Å². The molecule has 3 heteroatoms. The van der Waals surface area contributed by atoms with E-state index in [1.54, 1.807) is 6.07 Å². The summed E-state index contributed by atoms with van der Waals surface area (Å²) in [5.41, 5.74) is 7.20. The number of halogens is 1. The third-order valence-electron chi connectivity index (χ3n) is 3.25. The van der Waals surface area contributed by atoms with Crippen LogP contribution >= 0.6 is 0 Å². The lowest BCUT2D eigenvalue weighted by Gasteiger charge is -2.28. The van der Waals surface area contributed by atoms with E-state index < -0.39 is 0 Å². The van der Waals surface area contributed by atoms with Crippen molar-refractivity contribution in [2.24, 2.45) is 11.7 Å². The highest BCUT2D eigenvalue weighted by Crippen LogP contribution is 2.24. The van der Waals surface area contributed by atoms with E-state index in [0.717, 1.165) is 25.2 Å². The van der Waals surface area contributed by atoms with E-state index in [1.165, 1.54) is 6.07 Å². The topological polar surface area (TPSA) is 29.3 Å². The first kappa shape index (κ1) is 14.0. The molecule has 1 aromatic carbocycles. The molecule has 0 fully saturated rings. The van der Waals surface area contributed by atoms with Gasteiger partial charge in [-0.15, -0.1) is 0 Å². The third kappa shape index (κ3) is 3.43. The lowest BCUT2D eigenvalue weighted by atomic mass is 10.1. The van der Waals surface area contributed by atoms with Gasteiger partial charge < -0.3 is 10.6 Å². The fourth-order valence-corrected chi connectivity index (χ4v) is 1.95. The van der Waals surface area contributed by atoms with Crippen LogP contribution in [-0.2, 0) is 6.54 Å². The molecule has 0 aliphatic heterocycles. The van der Waals surface area contributed by atoms with E-state index in [1.807, 2.05) is 6.07 Å². The van der Waals surface area contributed by atoms with Gasteiger partial charge in [0.15, 0.2) is 0 Å². The van der Waals surface area contributed by atoms with Crippen LogP contribution in [-0.4, -0.2) is 13.1 Å². The summed E-state index contributed by atoms with van der Waals surface area (Å²) < 4.78 is 13.7. The summed E-state index contributed by atoms with van der Waals surface area (Å²) in [6.45, 7) is 8.55. The Morgan fingerprint density at radius 3 is 2.59 bits per heavy atom. The van der Waals surface area contributed by atoms with E-state index in [2.05, 4.69) is 25.7 Å². The molecule has 17 heavy (non-hydrogen) atoms. The second kappa shape index (κ2) is 6.60. The first-order valence-electron chi connectivity index (χ1n) is 6.36.